The molecule has 1 saturated carbocycles. The molecule has 4 aromatic rings. The standard InChI is InChI=1S/C27H27FN6O3S/c28-15-10-12-17(13-11-15)34(27(37)24-21(29)22(25(30)35)33-38-24)23(26(36)32-16-6-2-1-3-7-16)19-14-31-20-9-5-4-8-18(19)20/h4-5,8-14,16,23,31H,1-3,6-7,29H2,(H2,30,35)(H,32,36)/t23-/m1/s1. The number of nitrogen functional groups attached to an aromatic ring is 1. The molecule has 2 aromatic heterocycles. The second kappa shape index (κ2) is 10.6. The van der Waals surface area contributed by atoms with Gasteiger partial charge in [-0.2, -0.15) is 4.37 Å². The molecule has 38 heavy (non-hydrogen) atoms. The van der Waals surface area contributed by atoms with Crippen molar-refractivity contribution in [2.45, 2.75) is 44.2 Å². The number of amides is 3. The van der Waals surface area contributed by atoms with Crippen LogP contribution in [-0.2, 0) is 4.79 Å². The molecule has 196 valence electrons. The first kappa shape index (κ1) is 25.4. The van der Waals surface area contributed by atoms with E-state index in [0.29, 0.717) is 5.56 Å². The lowest BCUT2D eigenvalue weighted by atomic mass is 9.94. The summed E-state index contributed by atoms with van der Waals surface area (Å²) in [5.41, 5.74) is 12.7. The fraction of sp³-hybridized carbons (Fsp3) is 0.259. The van der Waals surface area contributed by atoms with E-state index in [2.05, 4.69) is 14.7 Å². The Morgan fingerprint density at radius 1 is 1.08 bits per heavy atom. The Bertz CT molecular complexity index is 1490. The number of aromatic amines is 1. The van der Waals surface area contributed by atoms with Gasteiger partial charge in [0.1, 0.15) is 16.7 Å². The second-order valence-electron chi connectivity index (χ2n) is 9.33. The van der Waals surface area contributed by atoms with Crippen molar-refractivity contribution in [1.82, 2.24) is 14.7 Å². The van der Waals surface area contributed by atoms with Gasteiger partial charge in [-0.25, -0.2) is 4.39 Å². The summed E-state index contributed by atoms with van der Waals surface area (Å²) in [4.78, 5) is 44.4. The van der Waals surface area contributed by atoms with E-state index in [1.54, 1.807) is 6.20 Å². The topological polar surface area (TPSA) is 147 Å². The van der Waals surface area contributed by atoms with Gasteiger partial charge in [0.05, 0.1) is 5.69 Å². The minimum Gasteiger partial charge on any atom is -0.395 e. The Labute approximate surface area is 222 Å². The largest absolute Gasteiger partial charge is 0.395 e. The highest BCUT2D eigenvalue weighted by molar-refractivity contribution is 7.09. The van der Waals surface area contributed by atoms with Crippen LogP contribution in [0.25, 0.3) is 10.9 Å². The lowest BCUT2D eigenvalue weighted by Crippen LogP contribution is -2.47. The minimum atomic E-state index is -1.13. The predicted molar refractivity (Wildman–Crippen MR) is 144 cm³/mol. The molecular weight excluding hydrogens is 507 g/mol. The molecule has 5 rings (SSSR count). The SMILES string of the molecule is NC(=O)c1nsc(C(=O)N(c2ccc(F)cc2)[C@@H](C(=O)NC2CCCCC2)c2c[nH]c3ccccc23)c1N. The molecule has 9 nitrogen and oxygen atoms in total. The summed E-state index contributed by atoms with van der Waals surface area (Å²) in [7, 11) is 0. The molecule has 0 bridgehead atoms. The zero-order valence-corrected chi connectivity index (χ0v) is 21.3. The first-order valence-corrected chi connectivity index (χ1v) is 13.1. The average Bonchev–Trinajstić information content (AvgIpc) is 3.52. The van der Waals surface area contributed by atoms with Gasteiger partial charge in [-0.05, 0) is 54.7 Å². The van der Waals surface area contributed by atoms with Crippen LogP contribution in [0.3, 0.4) is 0 Å². The van der Waals surface area contributed by atoms with Gasteiger partial charge in [-0.3, -0.25) is 19.3 Å². The van der Waals surface area contributed by atoms with Crippen LogP contribution in [0.15, 0.2) is 54.7 Å². The Hall–Kier alpha value is -4.25. The number of nitrogens with two attached hydrogens (primary N) is 2. The van der Waals surface area contributed by atoms with Crippen LogP contribution in [0, 0.1) is 5.82 Å². The van der Waals surface area contributed by atoms with Crippen molar-refractivity contribution in [3.8, 4) is 0 Å². The van der Waals surface area contributed by atoms with Crippen LogP contribution in [0.5, 0.6) is 0 Å². The van der Waals surface area contributed by atoms with Crippen molar-refractivity contribution in [3.63, 3.8) is 0 Å². The lowest BCUT2D eigenvalue weighted by Gasteiger charge is -2.33. The first-order chi connectivity index (χ1) is 18.3. The molecule has 0 saturated heterocycles. The van der Waals surface area contributed by atoms with Crippen molar-refractivity contribution in [1.29, 1.82) is 0 Å². The number of benzene rings is 2. The van der Waals surface area contributed by atoms with E-state index in [-0.39, 0.29) is 33.9 Å². The number of carbonyl (C=O) groups excluding carboxylic acids is 3. The molecule has 6 N–H and O–H groups in total. The minimum absolute atomic E-state index is 0.0240. The molecule has 0 aliphatic heterocycles. The van der Waals surface area contributed by atoms with Gasteiger partial charge in [0.2, 0.25) is 5.91 Å². The van der Waals surface area contributed by atoms with Gasteiger partial charge < -0.3 is 21.8 Å². The fourth-order valence-corrected chi connectivity index (χ4v) is 5.71. The smallest absolute Gasteiger partial charge is 0.273 e. The highest BCUT2D eigenvalue weighted by Gasteiger charge is 2.38. The molecule has 0 unspecified atom stereocenters. The van der Waals surface area contributed by atoms with Crippen LogP contribution >= 0.6 is 11.5 Å². The molecule has 1 fully saturated rings. The lowest BCUT2D eigenvalue weighted by molar-refractivity contribution is -0.123. The average molecular weight is 535 g/mol. The maximum absolute atomic E-state index is 14.1. The quantitative estimate of drug-likeness (QED) is 0.279. The summed E-state index contributed by atoms with van der Waals surface area (Å²) in [5, 5.41) is 3.90. The number of para-hydroxylation sites is 1. The van der Waals surface area contributed by atoms with Crippen LogP contribution in [0.2, 0.25) is 0 Å². The molecule has 2 aromatic carbocycles. The van der Waals surface area contributed by atoms with Gasteiger partial charge in [-0.1, -0.05) is 37.5 Å². The molecule has 1 aliphatic carbocycles. The maximum Gasteiger partial charge on any atom is 0.273 e. The molecule has 0 radical (unpaired) electrons. The Balaban J connectivity index is 1.67. The summed E-state index contributed by atoms with van der Waals surface area (Å²) in [6, 6.07) is 11.6. The summed E-state index contributed by atoms with van der Waals surface area (Å²) >= 11 is 0.724. The van der Waals surface area contributed by atoms with Crippen LogP contribution < -0.4 is 21.7 Å². The van der Waals surface area contributed by atoms with Gasteiger partial charge >= 0.3 is 0 Å². The zero-order chi connectivity index (χ0) is 26.8. The number of halogens is 1. The predicted octanol–water partition coefficient (Wildman–Crippen LogP) is 4.28. The molecule has 1 aliphatic rings. The van der Waals surface area contributed by atoms with Crippen LogP contribution in [0.4, 0.5) is 15.8 Å². The monoisotopic (exact) mass is 534 g/mol. The van der Waals surface area contributed by atoms with Gasteiger partial charge in [0.15, 0.2) is 5.69 Å². The number of fused-ring (bicyclic) bond motifs is 1. The van der Waals surface area contributed by atoms with Crippen molar-refractivity contribution < 1.29 is 18.8 Å². The number of H-pyrrole nitrogens is 1. The number of primary amides is 1. The van der Waals surface area contributed by atoms with Crippen molar-refractivity contribution >= 4 is 51.5 Å². The van der Waals surface area contributed by atoms with Crippen molar-refractivity contribution in [2.75, 3.05) is 10.6 Å². The third-order valence-corrected chi connectivity index (χ3v) is 7.70. The van der Waals surface area contributed by atoms with E-state index < -0.39 is 23.7 Å². The fourth-order valence-electron chi connectivity index (χ4n) is 4.97. The first-order valence-electron chi connectivity index (χ1n) is 12.4. The van der Waals surface area contributed by atoms with Crippen molar-refractivity contribution in [3.05, 3.63) is 76.7 Å². The van der Waals surface area contributed by atoms with E-state index in [4.69, 9.17) is 11.5 Å². The molecule has 11 heteroatoms. The number of nitrogens with zero attached hydrogens (tertiary/aromatic N) is 2. The number of hydrogen-bond acceptors (Lipinski definition) is 6. The Kier molecular flexibility index (Phi) is 7.10. The highest BCUT2D eigenvalue weighted by Crippen LogP contribution is 2.36. The molecule has 3 amide bonds. The Morgan fingerprint density at radius 3 is 2.47 bits per heavy atom. The maximum atomic E-state index is 14.1. The normalized spacial score (nSPS) is 14.8. The second-order valence-corrected chi connectivity index (χ2v) is 10.1. The van der Waals surface area contributed by atoms with Gasteiger partial charge in [-0.15, -0.1) is 0 Å². The molecular formula is C27H27FN6O3S. The molecule has 0 spiro atoms. The summed E-state index contributed by atoms with van der Waals surface area (Å²) in [6.45, 7) is 0. The van der Waals surface area contributed by atoms with Crippen LogP contribution in [0.1, 0.15) is 63.9 Å². The van der Waals surface area contributed by atoms with E-state index in [1.165, 1.54) is 29.2 Å². The van der Waals surface area contributed by atoms with Crippen molar-refractivity contribution in [2.24, 2.45) is 5.73 Å². The summed E-state index contributed by atoms with van der Waals surface area (Å²) < 4.78 is 17.9. The number of rotatable bonds is 7. The molecule has 1 atom stereocenters. The zero-order valence-electron chi connectivity index (χ0n) is 20.4. The number of carbonyl (C=O) groups is 3. The number of nitrogens with one attached hydrogen (secondary N) is 2. The number of aromatic nitrogens is 2. The van der Waals surface area contributed by atoms with E-state index in [0.717, 1.165) is 54.5 Å². The third-order valence-electron chi connectivity index (χ3n) is 6.85. The third kappa shape index (κ3) is 4.84. The Morgan fingerprint density at radius 2 is 1.79 bits per heavy atom. The summed E-state index contributed by atoms with van der Waals surface area (Å²) in [5.74, 6) is -2.40. The highest BCUT2D eigenvalue weighted by atomic mass is 32.1. The van der Waals surface area contributed by atoms with Crippen LogP contribution in [-0.4, -0.2) is 33.1 Å². The van der Waals surface area contributed by atoms with E-state index >= 15 is 0 Å². The number of hydrogen-bond donors (Lipinski definition) is 4. The summed E-state index contributed by atoms with van der Waals surface area (Å²) in [6.07, 6.45) is 6.53. The van der Waals surface area contributed by atoms with E-state index in [1.807, 2.05) is 24.3 Å². The molecule has 2 heterocycles. The number of anilines is 2. The van der Waals surface area contributed by atoms with E-state index in [9.17, 15) is 18.8 Å². The van der Waals surface area contributed by atoms with Gasteiger partial charge in [0, 0.05) is 34.4 Å². The van der Waals surface area contributed by atoms with Gasteiger partial charge in [0.25, 0.3) is 11.8 Å².